The first-order valence-electron chi connectivity index (χ1n) is 6.39. The summed E-state index contributed by atoms with van der Waals surface area (Å²) >= 11 is 0. The third-order valence-electron chi connectivity index (χ3n) is 3.78. The van der Waals surface area contributed by atoms with Gasteiger partial charge in [-0.25, -0.2) is 0 Å². The Labute approximate surface area is 93.8 Å². The van der Waals surface area contributed by atoms with E-state index in [1.54, 1.807) is 0 Å². The molecule has 2 nitrogen and oxygen atoms in total. The highest BCUT2D eigenvalue weighted by Crippen LogP contribution is 2.41. The number of nitrogens with one attached hydrogen (secondary N) is 1. The van der Waals surface area contributed by atoms with E-state index in [0.717, 1.165) is 13.2 Å². The Morgan fingerprint density at radius 2 is 1.93 bits per heavy atom. The zero-order valence-corrected chi connectivity index (χ0v) is 10.4. The quantitative estimate of drug-likeness (QED) is 0.720. The Morgan fingerprint density at radius 3 is 2.53 bits per heavy atom. The second kappa shape index (κ2) is 4.06. The van der Waals surface area contributed by atoms with E-state index in [1.165, 1.54) is 32.1 Å². The fourth-order valence-corrected chi connectivity index (χ4v) is 3.11. The van der Waals surface area contributed by atoms with E-state index in [2.05, 4.69) is 26.1 Å². The highest BCUT2D eigenvalue weighted by Gasteiger charge is 2.45. The maximum Gasteiger partial charge on any atom is 0.0835 e. The van der Waals surface area contributed by atoms with E-state index >= 15 is 0 Å². The second-order valence-electron chi connectivity index (χ2n) is 6.39. The fourth-order valence-electron chi connectivity index (χ4n) is 3.11. The van der Waals surface area contributed by atoms with Crippen molar-refractivity contribution in [2.24, 2.45) is 5.41 Å². The monoisotopic (exact) mass is 211 g/mol. The lowest BCUT2D eigenvalue weighted by Gasteiger charge is -2.44. The van der Waals surface area contributed by atoms with Crippen LogP contribution in [0.1, 0.15) is 52.9 Å². The zero-order valence-electron chi connectivity index (χ0n) is 10.4. The van der Waals surface area contributed by atoms with Crippen LogP contribution in [0.2, 0.25) is 0 Å². The summed E-state index contributed by atoms with van der Waals surface area (Å²) in [6.45, 7) is 8.91. The van der Waals surface area contributed by atoms with Crippen LogP contribution in [0.25, 0.3) is 0 Å². The van der Waals surface area contributed by atoms with E-state index in [1.807, 2.05) is 0 Å². The van der Waals surface area contributed by atoms with E-state index in [4.69, 9.17) is 4.74 Å². The Kier molecular flexibility index (Phi) is 3.09. The molecule has 0 aromatic carbocycles. The number of rotatable bonds is 1. The van der Waals surface area contributed by atoms with Crippen molar-refractivity contribution in [3.05, 3.63) is 0 Å². The Hall–Kier alpha value is -0.0800. The van der Waals surface area contributed by atoms with Crippen molar-refractivity contribution in [1.82, 2.24) is 5.32 Å². The molecule has 2 fully saturated rings. The van der Waals surface area contributed by atoms with Gasteiger partial charge in [0.15, 0.2) is 0 Å². The summed E-state index contributed by atoms with van der Waals surface area (Å²) in [5.41, 5.74) is 0.583. The fraction of sp³-hybridized carbons (Fsp3) is 1.00. The highest BCUT2D eigenvalue weighted by atomic mass is 16.5. The molecule has 1 spiro atoms. The molecule has 0 bridgehead atoms. The summed E-state index contributed by atoms with van der Waals surface area (Å²) in [6, 6.07) is 0.578. The Balaban J connectivity index is 2.06. The van der Waals surface area contributed by atoms with E-state index < -0.39 is 0 Å². The van der Waals surface area contributed by atoms with Gasteiger partial charge in [0.25, 0.3) is 0 Å². The van der Waals surface area contributed by atoms with Crippen LogP contribution in [0.5, 0.6) is 0 Å². The lowest BCUT2D eigenvalue weighted by atomic mass is 9.79. The van der Waals surface area contributed by atoms with Crippen LogP contribution in [0.4, 0.5) is 0 Å². The summed E-state index contributed by atoms with van der Waals surface area (Å²) in [5.74, 6) is 0. The van der Waals surface area contributed by atoms with Crippen molar-refractivity contribution < 1.29 is 4.74 Å². The predicted octanol–water partition coefficient (Wildman–Crippen LogP) is 2.72. The highest BCUT2D eigenvalue weighted by molar-refractivity contribution is 5.00. The van der Waals surface area contributed by atoms with Crippen molar-refractivity contribution >= 4 is 0 Å². The predicted molar refractivity (Wildman–Crippen MR) is 63.0 cm³/mol. The lowest BCUT2D eigenvalue weighted by molar-refractivity contribution is -0.0996. The molecule has 1 heterocycles. The summed E-state index contributed by atoms with van der Waals surface area (Å²) in [4.78, 5) is 0. The van der Waals surface area contributed by atoms with Gasteiger partial charge in [-0.05, 0) is 24.7 Å². The molecule has 2 heteroatoms. The van der Waals surface area contributed by atoms with Gasteiger partial charge >= 0.3 is 0 Å². The molecule has 88 valence electrons. The van der Waals surface area contributed by atoms with E-state index in [-0.39, 0.29) is 5.60 Å². The molecule has 1 saturated carbocycles. The average molecular weight is 211 g/mol. The SMILES string of the molecule is CC(C)(C)CC1NCCOC12CCCC2. The van der Waals surface area contributed by atoms with Crippen LogP contribution in [0.15, 0.2) is 0 Å². The number of morpholine rings is 1. The first-order valence-corrected chi connectivity index (χ1v) is 6.39. The van der Waals surface area contributed by atoms with Gasteiger partial charge in [0, 0.05) is 12.6 Å². The standard InChI is InChI=1S/C13H25NO/c1-12(2,3)10-11-13(6-4-5-7-13)15-9-8-14-11/h11,14H,4-10H2,1-3H3. The largest absolute Gasteiger partial charge is 0.372 e. The van der Waals surface area contributed by atoms with Crippen molar-refractivity contribution in [3.63, 3.8) is 0 Å². The smallest absolute Gasteiger partial charge is 0.0835 e. The topological polar surface area (TPSA) is 21.3 Å². The molecule has 1 aliphatic carbocycles. The van der Waals surface area contributed by atoms with Crippen molar-refractivity contribution in [2.45, 2.75) is 64.5 Å². The van der Waals surface area contributed by atoms with Crippen LogP contribution >= 0.6 is 0 Å². The molecule has 0 aromatic rings. The minimum Gasteiger partial charge on any atom is -0.372 e. The third-order valence-corrected chi connectivity index (χ3v) is 3.78. The average Bonchev–Trinajstić information content (AvgIpc) is 2.57. The molecule has 1 saturated heterocycles. The third kappa shape index (κ3) is 2.54. The molecule has 0 aromatic heterocycles. The normalized spacial score (nSPS) is 31.0. The van der Waals surface area contributed by atoms with Crippen molar-refractivity contribution in [2.75, 3.05) is 13.2 Å². The zero-order chi connectivity index (χ0) is 10.9. The van der Waals surface area contributed by atoms with E-state index in [0.29, 0.717) is 11.5 Å². The van der Waals surface area contributed by atoms with Crippen LogP contribution < -0.4 is 5.32 Å². The van der Waals surface area contributed by atoms with Gasteiger partial charge in [-0.2, -0.15) is 0 Å². The molecule has 1 N–H and O–H groups in total. The molecule has 2 aliphatic rings. The summed E-state index contributed by atoms with van der Waals surface area (Å²) in [6.07, 6.45) is 6.46. The van der Waals surface area contributed by atoms with Gasteiger partial charge in [0.05, 0.1) is 12.2 Å². The van der Waals surface area contributed by atoms with Gasteiger partial charge in [-0.15, -0.1) is 0 Å². The number of hydrogen-bond acceptors (Lipinski definition) is 2. The molecular formula is C13H25NO. The van der Waals surface area contributed by atoms with Gasteiger partial charge in [-0.3, -0.25) is 0 Å². The van der Waals surface area contributed by atoms with Crippen LogP contribution in [-0.2, 0) is 4.74 Å². The molecule has 15 heavy (non-hydrogen) atoms. The van der Waals surface area contributed by atoms with Gasteiger partial charge in [0.2, 0.25) is 0 Å². The molecule has 0 amide bonds. The van der Waals surface area contributed by atoms with Crippen LogP contribution in [-0.4, -0.2) is 24.8 Å². The van der Waals surface area contributed by atoms with Gasteiger partial charge in [-0.1, -0.05) is 33.6 Å². The lowest BCUT2D eigenvalue weighted by Crippen LogP contribution is -2.57. The number of hydrogen-bond donors (Lipinski definition) is 1. The van der Waals surface area contributed by atoms with Crippen molar-refractivity contribution in [1.29, 1.82) is 0 Å². The van der Waals surface area contributed by atoms with Gasteiger partial charge in [0.1, 0.15) is 0 Å². The first kappa shape index (κ1) is 11.4. The van der Waals surface area contributed by atoms with Crippen LogP contribution in [0, 0.1) is 5.41 Å². The minimum absolute atomic E-state index is 0.186. The molecular weight excluding hydrogens is 186 g/mol. The van der Waals surface area contributed by atoms with Gasteiger partial charge < -0.3 is 10.1 Å². The molecule has 1 aliphatic heterocycles. The summed E-state index contributed by atoms with van der Waals surface area (Å²) in [7, 11) is 0. The molecule has 1 atom stereocenters. The summed E-state index contributed by atoms with van der Waals surface area (Å²) < 4.78 is 6.12. The Bertz CT molecular complexity index is 213. The number of ether oxygens (including phenoxy) is 1. The maximum absolute atomic E-state index is 6.12. The molecule has 0 radical (unpaired) electrons. The van der Waals surface area contributed by atoms with Crippen molar-refractivity contribution in [3.8, 4) is 0 Å². The minimum atomic E-state index is 0.186. The second-order valence-corrected chi connectivity index (χ2v) is 6.39. The summed E-state index contributed by atoms with van der Waals surface area (Å²) in [5, 5.41) is 3.68. The van der Waals surface area contributed by atoms with Crippen LogP contribution in [0.3, 0.4) is 0 Å². The first-order chi connectivity index (χ1) is 7.02. The molecule has 2 rings (SSSR count). The molecule has 1 unspecified atom stereocenters. The Morgan fingerprint density at radius 1 is 1.27 bits per heavy atom. The van der Waals surface area contributed by atoms with E-state index in [9.17, 15) is 0 Å². The maximum atomic E-state index is 6.12.